The Balaban J connectivity index is 1.58. The zero-order valence-electron chi connectivity index (χ0n) is 17.0. The minimum Gasteiger partial charge on any atom is -0.491 e. The lowest BCUT2D eigenvalue weighted by molar-refractivity contribution is -0.139. The van der Waals surface area contributed by atoms with Crippen LogP contribution in [0.3, 0.4) is 0 Å². The molecule has 1 saturated heterocycles. The predicted octanol–water partition coefficient (Wildman–Crippen LogP) is 3.61. The molecule has 1 fully saturated rings. The summed E-state index contributed by atoms with van der Waals surface area (Å²) in [6.07, 6.45) is 0.673. The van der Waals surface area contributed by atoms with Crippen LogP contribution in [0.5, 0.6) is 5.75 Å². The molecule has 0 radical (unpaired) electrons. The Morgan fingerprint density at radius 1 is 0.966 bits per heavy atom. The van der Waals surface area contributed by atoms with E-state index in [0.717, 1.165) is 16.9 Å². The molecule has 1 unspecified atom stereocenters. The van der Waals surface area contributed by atoms with E-state index in [9.17, 15) is 14.4 Å². The summed E-state index contributed by atoms with van der Waals surface area (Å²) in [5.41, 5.74) is 2.33. The smallest absolute Gasteiger partial charge is 0.251 e. The average molecular weight is 394 g/mol. The van der Waals surface area contributed by atoms with Crippen LogP contribution < -0.4 is 10.1 Å². The van der Waals surface area contributed by atoms with E-state index < -0.39 is 0 Å². The molecule has 0 spiro atoms. The second-order valence-electron chi connectivity index (χ2n) is 7.50. The second-order valence-corrected chi connectivity index (χ2v) is 7.50. The Labute approximate surface area is 170 Å². The molecule has 6 heteroatoms. The molecule has 0 aliphatic carbocycles. The van der Waals surface area contributed by atoms with Gasteiger partial charge in [-0.1, -0.05) is 24.3 Å². The molecule has 0 aromatic heterocycles. The van der Waals surface area contributed by atoms with E-state index in [4.69, 9.17) is 4.74 Å². The molecule has 29 heavy (non-hydrogen) atoms. The van der Waals surface area contributed by atoms with Crippen molar-refractivity contribution in [2.45, 2.75) is 52.3 Å². The van der Waals surface area contributed by atoms with E-state index in [0.29, 0.717) is 5.56 Å². The summed E-state index contributed by atoms with van der Waals surface area (Å²) in [7, 11) is 0. The number of amides is 3. The highest BCUT2D eigenvalue weighted by Gasteiger charge is 2.28. The normalized spacial score (nSPS) is 15.0. The highest BCUT2D eigenvalue weighted by atomic mass is 16.5. The maximum absolute atomic E-state index is 12.5. The van der Waals surface area contributed by atoms with Gasteiger partial charge in [-0.05, 0) is 56.2 Å². The van der Waals surface area contributed by atoms with Crippen LogP contribution in [0.2, 0.25) is 0 Å². The molecule has 0 saturated carbocycles. The van der Waals surface area contributed by atoms with Crippen molar-refractivity contribution in [3.05, 3.63) is 65.2 Å². The number of ether oxygens (including phenoxy) is 1. The largest absolute Gasteiger partial charge is 0.491 e. The van der Waals surface area contributed by atoms with Gasteiger partial charge in [-0.25, -0.2) is 0 Å². The average Bonchev–Trinajstić information content (AvgIpc) is 3.00. The topological polar surface area (TPSA) is 75.7 Å². The molecule has 1 heterocycles. The van der Waals surface area contributed by atoms with Gasteiger partial charge in [-0.2, -0.15) is 0 Å². The van der Waals surface area contributed by atoms with E-state index in [1.807, 2.05) is 45.0 Å². The number of likely N-dealkylation sites (tertiary alicyclic amines) is 1. The summed E-state index contributed by atoms with van der Waals surface area (Å²) in [5, 5.41) is 2.98. The predicted molar refractivity (Wildman–Crippen MR) is 109 cm³/mol. The van der Waals surface area contributed by atoms with Crippen molar-refractivity contribution in [3.8, 4) is 5.75 Å². The van der Waals surface area contributed by atoms with Gasteiger partial charge in [-0.15, -0.1) is 0 Å². The zero-order chi connectivity index (χ0) is 21.0. The lowest BCUT2D eigenvalue weighted by Gasteiger charge is -2.16. The van der Waals surface area contributed by atoms with Gasteiger partial charge >= 0.3 is 0 Å². The molecule has 2 aromatic carbocycles. The highest BCUT2D eigenvalue weighted by Crippen LogP contribution is 2.20. The third-order valence-corrected chi connectivity index (χ3v) is 4.81. The lowest BCUT2D eigenvalue weighted by atomic mass is 10.1. The van der Waals surface area contributed by atoms with Crippen molar-refractivity contribution in [1.82, 2.24) is 10.2 Å². The van der Waals surface area contributed by atoms with Gasteiger partial charge in [0.25, 0.3) is 5.91 Å². The number of nitrogens with zero attached hydrogens (tertiary/aromatic N) is 1. The number of hydrogen-bond acceptors (Lipinski definition) is 4. The summed E-state index contributed by atoms with van der Waals surface area (Å²) < 4.78 is 5.64. The van der Waals surface area contributed by atoms with Crippen LogP contribution in [0.15, 0.2) is 48.5 Å². The molecule has 152 valence electrons. The first-order valence-corrected chi connectivity index (χ1v) is 9.83. The van der Waals surface area contributed by atoms with E-state index >= 15 is 0 Å². The lowest BCUT2D eigenvalue weighted by Crippen LogP contribution is -2.28. The number of imide groups is 1. The number of carbonyl (C=O) groups is 3. The van der Waals surface area contributed by atoms with Gasteiger partial charge in [0.15, 0.2) is 0 Å². The quantitative estimate of drug-likeness (QED) is 0.728. The number of carbonyl (C=O) groups excluding carboxylic acids is 3. The van der Waals surface area contributed by atoms with Crippen molar-refractivity contribution in [2.24, 2.45) is 0 Å². The van der Waals surface area contributed by atoms with Crippen molar-refractivity contribution < 1.29 is 19.1 Å². The Morgan fingerprint density at radius 3 is 2.10 bits per heavy atom. The SMILES string of the molecule is CC(C)Oc1ccc(C(C)NC(=O)c2ccc(CN3C(=O)CCC3=O)cc2)cc1. The minimum absolute atomic E-state index is 0.114. The van der Waals surface area contributed by atoms with Crippen LogP contribution in [0, 0.1) is 0 Å². The van der Waals surface area contributed by atoms with Crippen molar-refractivity contribution >= 4 is 17.7 Å². The summed E-state index contributed by atoms with van der Waals surface area (Å²) in [6, 6.07) is 14.5. The van der Waals surface area contributed by atoms with Crippen LogP contribution in [0.1, 0.15) is 61.1 Å². The molecule has 1 aliphatic rings. The molecular weight excluding hydrogens is 368 g/mol. The first kappa shape index (κ1) is 20.6. The van der Waals surface area contributed by atoms with E-state index in [2.05, 4.69) is 5.32 Å². The standard InChI is InChI=1S/C23H26N2O4/c1-15(2)29-20-10-8-18(9-11-20)16(3)24-23(28)19-6-4-17(5-7-19)14-25-21(26)12-13-22(25)27/h4-11,15-16H,12-14H2,1-3H3,(H,24,28). The van der Waals surface area contributed by atoms with Crippen molar-refractivity contribution in [2.75, 3.05) is 0 Å². The fraction of sp³-hybridized carbons (Fsp3) is 0.348. The Bertz CT molecular complexity index is 872. The second kappa shape index (κ2) is 8.90. The van der Waals surface area contributed by atoms with Gasteiger partial charge < -0.3 is 10.1 Å². The van der Waals surface area contributed by atoms with Crippen LogP contribution in [0.25, 0.3) is 0 Å². The van der Waals surface area contributed by atoms with Crippen molar-refractivity contribution in [3.63, 3.8) is 0 Å². The van der Waals surface area contributed by atoms with Gasteiger partial charge in [0, 0.05) is 18.4 Å². The van der Waals surface area contributed by atoms with Crippen LogP contribution in [-0.4, -0.2) is 28.7 Å². The molecule has 1 atom stereocenters. The third kappa shape index (κ3) is 5.22. The van der Waals surface area contributed by atoms with Gasteiger partial charge in [0.2, 0.25) is 11.8 Å². The number of benzene rings is 2. The Kier molecular flexibility index (Phi) is 6.32. The highest BCUT2D eigenvalue weighted by molar-refractivity contribution is 6.01. The summed E-state index contributed by atoms with van der Waals surface area (Å²) in [5.74, 6) is 0.332. The number of nitrogens with one attached hydrogen (secondary N) is 1. The van der Waals surface area contributed by atoms with E-state index in [1.165, 1.54) is 4.90 Å². The fourth-order valence-corrected chi connectivity index (χ4v) is 3.21. The molecule has 3 rings (SSSR count). The summed E-state index contributed by atoms with van der Waals surface area (Å²) >= 11 is 0. The molecular formula is C23H26N2O4. The Morgan fingerprint density at radius 2 is 1.55 bits per heavy atom. The van der Waals surface area contributed by atoms with E-state index in [-0.39, 0.29) is 49.3 Å². The third-order valence-electron chi connectivity index (χ3n) is 4.81. The Hall–Kier alpha value is -3.15. The van der Waals surface area contributed by atoms with Gasteiger partial charge in [-0.3, -0.25) is 19.3 Å². The van der Waals surface area contributed by atoms with Crippen LogP contribution in [0.4, 0.5) is 0 Å². The monoisotopic (exact) mass is 394 g/mol. The van der Waals surface area contributed by atoms with Crippen LogP contribution in [-0.2, 0) is 16.1 Å². The number of rotatable bonds is 7. The zero-order valence-corrected chi connectivity index (χ0v) is 17.0. The maximum Gasteiger partial charge on any atom is 0.251 e. The fourth-order valence-electron chi connectivity index (χ4n) is 3.21. The number of hydrogen-bond donors (Lipinski definition) is 1. The molecule has 1 N–H and O–H groups in total. The maximum atomic E-state index is 12.5. The molecule has 1 aliphatic heterocycles. The van der Waals surface area contributed by atoms with Gasteiger partial charge in [0.1, 0.15) is 5.75 Å². The summed E-state index contributed by atoms with van der Waals surface area (Å²) in [4.78, 5) is 37.3. The minimum atomic E-state index is -0.181. The van der Waals surface area contributed by atoms with Gasteiger partial charge in [0.05, 0.1) is 18.7 Å². The van der Waals surface area contributed by atoms with E-state index in [1.54, 1.807) is 24.3 Å². The molecule has 6 nitrogen and oxygen atoms in total. The molecule has 3 amide bonds. The van der Waals surface area contributed by atoms with Crippen molar-refractivity contribution in [1.29, 1.82) is 0 Å². The molecule has 2 aromatic rings. The van der Waals surface area contributed by atoms with Crippen LogP contribution >= 0.6 is 0 Å². The first-order valence-electron chi connectivity index (χ1n) is 9.83. The summed E-state index contributed by atoms with van der Waals surface area (Å²) in [6.45, 7) is 6.13. The first-order chi connectivity index (χ1) is 13.8. The molecule has 0 bridgehead atoms.